The summed E-state index contributed by atoms with van der Waals surface area (Å²) in [5.74, 6) is 0.978. The highest BCUT2D eigenvalue weighted by Crippen LogP contribution is 2.26. The Balaban J connectivity index is 2.24. The minimum atomic E-state index is 0.681. The lowest BCUT2D eigenvalue weighted by Crippen LogP contribution is -2.30. The molecule has 0 aliphatic rings. The van der Waals surface area contributed by atoms with Gasteiger partial charge in [0.15, 0.2) is 0 Å². The molecule has 2 rings (SSSR count). The topological polar surface area (TPSA) is 64.3 Å². The Morgan fingerprint density at radius 1 is 1.39 bits per heavy atom. The van der Waals surface area contributed by atoms with Crippen molar-refractivity contribution in [2.24, 2.45) is 5.73 Å². The molecule has 0 amide bonds. The highest BCUT2D eigenvalue weighted by atomic mass is 32.1. The van der Waals surface area contributed by atoms with E-state index in [9.17, 15) is 0 Å². The number of hydrogen-bond acceptors (Lipinski definition) is 6. The van der Waals surface area contributed by atoms with Gasteiger partial charge in [-0.25, -0.2) is 9.97 Å². The van der Waals surface area contributed by atoms with Gasteiger partial charge in [-0.1, -0.05) is 0 Å². The van der Waals surface area contributed by atoms with Crippen LogP contribution in [0.2, 0.25) is 0 Å². The second-order valence-electron chi connectivity index (χ2n) is 3.96. The summed E-state index contributed by atoms with van der Waals surface area (Å²) in [5, 5.41) is 3.15. The van der Waals surface area contributed by atoms with Crippen LogP contribution in [0.25, 0.3) is 10.2 Å². The largest absolute Gasteiger partial charge is 0.383 e. The van der Waals surface area contributed by atoms with Crippen LogP contribution in [-0.4, -0.2) is 43.3 Å². The SMILES string of the molecule is COCCN(CCCN)c1ncnc2sccc12. The molecule has 0 saturated carbocycles. The molecule has 2 N–H and O–H groups in total. The van der Waals surface area contributed by atoms with Crippen LogP contribution in [0.5, 0.6) is 0 Å². The molecule has 0 spiro atoms. The molecular formula is C12H18N4OS. The molecule has 2 aromatic heterocycles. The predicted octanol–water partition coefficient (Wildman–Crippen LogP) is 1.49. The van der Waals surface area contributed by atoms with Gasteiger partial charge in [0.05, 0.1) is 12.0 Å². The van der Waals surface area contributed by atoms with E-state index < -0.39 is 0 Å². The monoisotopic (exact) mass is 266 g/mol. The van der Waals surface area contributed by atoms with Gasteiger partial charge in [0.1, 0.15) is 17.0 Å². The van der Waals surface area contributed by atoms with Gasteiger partial charge >= 0.3 is 0 Å². The van der Waals surface area contributed by atoms with Gasteiger partial charge < -0.3 is 15.4 Å². The summed E-state index contributed by atoms with van der Waals surface area (Å²) in [7, 11) is 1.71. The molecule has 0 bridgehead atoms. The fourth-order valence-corrected chi connectivity index (χ4v) is 2.56. The van der Waals surface area contributed by atoms with E-state index in [1.165, 1.54) is 0 Å². The van der Waals surface area contributed by atoms with Gasteiger partial charge in [-0.3, -0.25) is 0 Å². The van der Waals surface area contributed by atoms with Gasteiger partial charge in [0.2, 0.25) is 0 Å². The van der Waals surface area contributed by atoms with Gasteiger partial charge in [-0.05, 0) is 24.4 Å². The van der Waals surface area contributed by atoms with Crippen LogP contribution in [0, 0.1) is 0 Å². The molecule has 5 nitrogen and oxygen atoms in total. The third kappa shape index (κ3) is 2.95. The molecule has 0 aliphatic carbocycles. The Kier molecular flexibility index (Phi) is 4.86. The number of fused-ring (bicyclic) bond motifs is 1. The number of ether oxygens (including phenoxy) is 1. The minimum Gasteiger partial charge on any atom is -0.383 e. The standard InChI is InChI=1S/C12H18N4OS/c1-17-7-6-16(5-2-4-13)11-10-3-8-18-12(10)15-9-14-11/h3,8-9H,2,4-7,13H2,1H3. The highest BCUT2D eigenvalue weighted by Gasteiger charge is 2.12. The van der Waals surface area contributed by atoms with E-state index in [4.69, 9.17) is 10.5 Å². The van der Waals surface area contributed by atoms with E-state index in [-0.39, 0.29) is 0 Å². The number of aromatic nitrogens is 2. The Bertz CT molecular complexity index is 480. The first kappa shape index (κ1) is 13.2. The Hall–Kier alpha value is -1.24. The molecule has 98 valence electrons. The molecule has 0 aliphatic heterocycles. The second kappa shape index (κ2) is 6.63. The number of anilines is 1. The minimum absolute atomic E-state index is 0.681. The first-order chi connectivity index (χ1) is 8.86. The lowest BCUT2D eigenvalue weighted by Gasteiger charge is -2.23. The fourth-order valence-electron chi connectivity index (χ4n) is 1.84. The molecule has 6 heteroatoms. The van der Waals surface area contributed by atoms with E-state index in [1.807, 2.05) is 5.38 Å². The molecule has 0 saturated heterocycles. The fraction of sp³-hybridized carbons (Fsp3) is 0.500. The van der Waals surface area contributed by atoms with E-state index in [0.717, 1.165) is 35.5 Å². The van der Waals surface area contributed by atoms with Crippen molar-refractivity contribution >= 4 is 27.4 Å². The number of nitrogens with two attached hydrogens (primary N) is 1. The van der Waals surface area contributed by atoms with E-state index in [2.05, 4.69) is 20.9 Å². The highest BCUT2D eigenvalue weighted by molar-refractivity contribution is 7.16. The quantitative estimate of drug-likeness (QED) is 0.822. The van der Waals surface area contributed by atoms with Crippen molar-refractivity contribution in [3.8, 4) is 0 Å². The zero-order valence-electron chi connectivity index (χ0n) is 10.5. The molecule has 0 atom stereocenters. The van der Waals surface area contributed by atoms with Crippen molar-refractivity contribution in [2.75, 3.05) is 38.3 Å². The molecule has 0 aromatic carbocycles. The van der Waals surface area contributed by atoms with Gasteiger partial charge in [-0.2, -0.15) is 0 Å². The van der Waals surface area contributed by atoms with E-state index >= 15 is 0 Å². The molecule has 18 heavy (non-hydrogen) atoms. The van der Waals surface area contributed by atoms with Crippen LogP contribution in [0.4, 0.5) is 5.82 Å². The molecular weight excluding hydrogens is 248 g/mol. The van der Waals surface area contributed by atoms with Crippen LogP contribution in [0.15, 0.2) is 17.8 Å². The van der Waals surface area contributed by atoms with Crippen molar-refractivity contribution in [1.29, 1.82) is 0 Å². The molecule has 0 fully saturated rings. The zero-order valence-corrected chi connectivity index (χ0v) is 11.3. The van der Waals surface area contributed by atoms with E-state index in [0.29, 0.717) is 13.2 Å². The Labute approximate surface area is 111 Å². The Morgan fingerprint density at radius 3 is 3.06 bits per heavy atom. The first-order valence-corrected chi connectivity index (χ1v) is 6.87. The molecule has 2 heterocycles. The molecule has 0 unspecified atom stereocenters. The number of thiophene rings is 1. The summed E-state index contributed by atoms with van der Waals surface area (Å²) in [4.78, 5) is 11.9. The zero-order chi connectivity index (χ0) is 12.8. The molecule has 2 aromatic rings. The van der Waals surface area contributed by atoms with Gasteiger partial charge in [0, 0.05) is 20.2 Å². The third-order valence-electron chi connectivity index (χ3n) is 2.74. The summed E-state index contributed by atoms with van der Waals surface area (Å²) in [6, 6.07) is 2.07. The lowest BCUT2D eigenvalue weighted by atomic mass is 10.3. The summed E-state index contributed by atoms with van der Waals surface area (Å²) in [5.41, 5.74) is 5.59. The summed E-state index contributed by atoms with van der Waals surface area (Å²) in [6.07, 6.45) is 2.57. The summed E-state index contributed by atoms with van der Waals surface area (Å²) >= 11 is 1.63. The first-order valence-electron chi connectivity index (χ1n) is 5.99. The smallest absolute Gasteiger partial charge is 0.140 e. The number of nitrogens with zero attached hydrogens (tertiary/aromatic N) is 3. The summed E-state index contributed by atoms with van der Waals surface area (Å²) in [6.45, 7) is 3.07. The van der Waals surface area contributed by atoms with Crippen molar-refractivity contribution in [1.82, 2.24) is 9.97 Å². The average Bonchev–Trinajstić information content (AvgIpc) is 2.87. The normalized spacial score (nSPS) is 11.0. The third-order valence-corrected chi connectivity index (χ3v) is 3.56. The Morgan fingerprint density at radius 2 is 2.28 bits per heavy atom. The number of rotatable bonds is 7. The van der Waals surface area contributed by atoms with Crippen LogP contribution < -0.4 is 10.6 Å². The number of hydrogen-bond donors (Lipinski definition) is 1. The van der Waals surface area contributed by atoms with E-state index in [1.54, 1.807) is 24.8 Å². The average molecular weight is 266 g/mol. The maximum Gasteiger partial charge on any atom is 0.140 e. The van der Waals surface area contributed by atoms with Crippen molar-refractivity contribution in [3.63, 3.8) is 0 Å². The van der Waals surface area contributed by atoms with Crippen LogP contribution in [0.3, 0.4) is 0 Å². The van der Waals surface area contributed by atoms with Crippen LogP contribution in [0.1, 0.15) is 6.42 Å². The van der Waals surface area contributed by atoms with Crippen LogP contribution >= 0.6 is 11.3 Å². The van der Waals surface area contributed by atoms with Gasteiger partial charge in [0.25, 0.3) is 0 Å². The predicted molar refractivity (Wildman–Crippen MR) is 75.2 cm³/mol. The van der Waals surface area contributed by atoms with Crippen LogP contribution in [-0.2, 0) is 4.74 Å². The maximum absolute atomic E-state index is 5.59. The van der Waals surface area contributed by atoms with Crippen molar-refractivity contribution in [2.45, 2.75) is 6.42 Å². The maximum atomic E-state index is 5.59. The molecule has 0 radical (unpaired) electrons. The van der Waals surface area contributed by atoms with Gasteiger partial charge in [-0.15, -0.1) is 11.3 Å². The second-order valence-corrected chi connectivity index (χ2v) is 4.85. The lowest BCUT2D eigenvalue weighted by molar-refractivity contribution is 0.205. The summed E-state index contributed by atoms with van der Waals surface area (Å²) < 4.78 is 5.15. The van der Waals surface area contributed by atoms with Crippen molar-refractivity contribution in [3.05, 3.63) is 17.8 Å². The van der Waals surface area contributed by atoms with Crippen molar-refractivity contribution < 1.29 is 4.74 Å². The number of methoxy groups -OCH3 is 1.